The van der Waals surface area contributed by atoms with Crippen LogP contribution in [0.4, 0.5) is 5.82 Å². The second-order valence-corrected chi connectivity index (χ2v) is 5.56. The van der Waals surface area contributed by atoms with Crippen LogP contribution in [0.2, 0.25) is 0 Å². The lowest BCUT2D eigenvalue weighted by Crippen LogP contribution is -2.14. The highest BCUT2D eigenvalue weighted by Crippen LogP contribution is 2.14. The Bertz CT molecular complexity index is 696. The Kier molecular flexibility index (Phi) is 6.49. The van der Waals surface area contributed by atoms with Crippen molar-refractivity contribution in [2.45, 2.75) is 33.1 Å². The molecule has 0 bridgehead atoms. The molecule has 0 fully saturated rings. The highest BCUT2D eigenvalue weighted by atomic mass is 16.5. The van der Waals surface area contributed by atoms with Gasteiger partial charge in [-0.05, 0) is 55.3 Å². The molecule has 2 rings (SSSR count). The Morgan fingerprint density at radius 1 is 1.12 bits per heavy atom. The number of benzene rings is 1. The maximum atomic E-state index is 12.1. The summed E-state index contributed by atoms with van der Waals surface area (Å²) in [6.07, 6.45) is 2.86. The van der Waals surface area contributed by atoms with E-state index in [4.69, 9.17) is 4.74 Å². The van der Waals surface area contributed by atoms with Crippen molar-refractivity contribution in [1.29, 1.82) is 0 Å². The van der Waals surface area contributed by atoms with Crippen molar-refractivity contribution in [2.75, 3.05) is 11.9 Å². The fourth-order valence-corrected chi connectivity index (χ4v) is 2.14. The van der Waals surface area contributed by atoms with Gasteiger partial charge in [0.05, 0.1) is 6.61 Å². The van der Waals surface area contributed by atoms with E-state index in [1.54, 1.807) is 36.5 Å². The summed E-state index contributed by atoms with van der Waals surface area (Å²) >= 11 is 0. The number of rotatable bonds is 8. The van der Waals surface area contributed by atoms with Crippen LogP contribution in [0.25, 0.3) is 0 Å². The normalized spacial score (nSPS) is 10.2. The Hall–Kier alpha value is -2.69. The zero-order chi connectivity index (χ0) is 17.4. The number of Topliss-reactive ketones (excluding diaryl/α,β-unsaturated/α-hetero) is 1. The average molecular weight is 326 g/mol. The van der Waals surface area contributed by atoms with Gasteiger partial charge >= 0.3 is 0 Å². The highest BCUT2D eigenvalue weighted by molar-refractivity contribution is 5.99. The Morgan fingerprint density at radius 3 is 2.54 bits per heavy atom. The van der Waals surface area contributed by atoms with Crippen LogP contribution < -0.4 is 10.1 Å². The summed E-state index contributed by atoms with van der Waals surface area (Å²) in [7, 11) is 0. The molecular formula is C19H22N2O3. The third-order valence-electron chi connectivity index (χ3n) is 3.41. The minimum atomic E-state index is -0.218. The lowest BCUT2D eigenvalue weighted by atomic mass is 10.1. The minimum Gasteiger partial charge on any atom is -0.494 e. The molecule has 5 nitrogen and oxygen atoms in total. The van der Waals surface area contributed by atoms with E-state index in [-0.39, 0.29) is 24.5 Å². The van der Waals surface area contributed by atoms with E-state index in [1.165, 1.54) is 0 Å². The summed E-state index contributed by atoms with van der Waals surface area (Å²) in [6, 6.07) is 10.7. The number of hydrogen-bond acceptors (Lipinski definition) is 4. The zero-order valence-corrected chi connectivity index (χ0v) is 14.0. The SMILES string of the molecule is CCCOc1ccc(C(=O)CCC(=O)Nc2cc(C)ccn2)cc1. The van der Waals surface area contributed by atoms with E-state index in [0.29, 0.717) is 18.0 Å². The maximum absolute atomic E-state index is 12.1. The van der Waals surface area contributed by atoms with E-state index in [9.17, 15) is 9.59 Å². The Labute approximate surface area is 142 Å². The lowest BCUT2D eigenvalue weighted by molar-refractivity contribution is -0.116. The molecule has 0 radical (unpaired) electrons. The van der Waals surface area contributed by atoms with E-state index < -0.39 is 0 Å². The molecule has 0 saturated carbocycles. The van der Waals surface area contributed by atoms with Gasteiger partial charge in [0.25, 0.3) is 0 Å². The van der Waals surface area contributed by atoms with Gasteiger partial charge in [0.2, 0.25) is 5.91 Å². The number of pyridine rings is 1. The predicted molar refractivity (Wildman–Crippen MR) is 93.4 cm³/mol. The minimum absolute atomic E-state index is 0.0654. The lowest BCUT2D eigenvalue weighted by Gasteiger charge is -2.06. The molecule has 5 heteroatoms. The smallest absolute Gasteiger partial charge is 0.225 e. The summed E-state index contributed by atoms with van der Waals surface area (Å²) in [4.78, 5) is 28.1. The average Bonchev–Trinajstić information content (AvgIpc) is 2.58. The van der Waals surface area contributed by atoms with Crippen molar-refractivity contribution >= 4 is 17.5 Å². The van der Waals surface area contributed by atoms with Gasteiger partial charge in [-0.3, -0.25) is 9.59 Å². The molecule has 1 amide bonds. The van der Waals surface area contributed by atoms with Crippen molar-refractivity contribution in [2.24, 2.45) is 0 Å². The van der Waals surface area contributed by atoms with Crippen LogP contribution in [0, 0.1) is 6.92 Å². The maximum Gasteiger partial charge on any atom is 0.225 e. The number of nitrogens with one attached hydrogen (secondary N) is 1. The van der Waals surface area contributed by atoms with Gasteiger partial charge in [-0.15, -0.1) is 0 Å². The van der Waals surface area contributed by atoms with Crippen LogP contribution in [-0.4, -0.2) is 23.3 Å². The second kappa shape index (κ2) is 8.82. The number of ketones is 1. The number of aromatic nitrogens is 1. The number of carbonyl (C=O) groups is 2. The molecule has 0 aliphatic heterocycles. The highest BCUT2D eigenvalue weighted by Gasteiger charge is 2.10. The zero-order valence-electron chi connectivity index (χ0n) is 14.0. The summed E-state index contributed by atoms with van der Waals surface area (Å²) < 4.78 is 5.48. The van der Waals surface area contributed by atoms with Crippen LogP contribution in [0.5, 0.6) is 5.75 Å². The van der Waals surface area contributed by atoms with Crippen molar-refractivity contribution in [1.82, 2.24) is 4.98 Å². The first kappa shape index (κ1) is 17.7. The molecule has 126 valence electrons. The number of aryl methyl sites for hydroxylation is 1. The van der Waals surface area contributed by atoms with Crippen LogP contribution in [0.3, 0.4) is 0 Å². The fraction of sp³-hybridized carbons (Fsp3) is 0.316. The number of amides is 1. The molecule has 0 aliphatic rings. The molecule has 24 heavy (non-hydrogen) atoms. The van der Waals surface area contributed by atoms with Crippen LogP contribution >= 0.6 is 0 Å². The van der Waals surface area contributed by atoms with Crippen molar-refractivity contribution in [3.63, 3.8) is 0 Å². The third-order valence-corrected chi connectivity index (χ3v) is 3.41. The number of nitrogens with zero attached hydrogens (tertiary/aromatic N) is 1. The molecule has 0 atom stereocenters. The standard InChI is InChI=1S/C19H22N2O3/c1-3-12-24-16-6-4-15(5-7-16)17(22)8-9-19(23)21-18-13-14(2)10-11-20-18/h4-7,10-11,13H,3,8-9,12H2,1-2H3,(H,20,21,23). The number of anilines is 1. The molecule has 0 saturated heterocycles. The van der Waals surface area contributed by atoms with Crippen LogP contribution in [0.1, 0.15) is 42.1 Å². The van der Waals surface area contributed by atoms with Crippen molar-refractivity contribution < 1.29 is 14.3 Å². The van der Waals surface area contributed by atoms with Gasteiger partial charge in [0, 0.05) is 24.6 Å². The van der Waals surface area contributed by atoms with E-state index in [2.05, 4.69) is 10.3 Å². The van der Waals surface area contributed by atoms with Gasteiger partial charge in [0.1, 0.15) is 11.6 Å². The number of ether oxygens (including phenoxy) is 1. The first-order valence-electron chi connectivity index (χ1n) is 8.07. The molecule has 1 aromatic heterocycles. The van der Waals surface area contributed by atoms with Gasteiger partial charge < -0.3 is 10.1 Å². The quantitative estimate of drug-likeness (QED) is 0.750. The van der Waals surface area contributed by atoms with E-state index >= 15 is 0 Å². The second-order valence-electron chi connectivity index (χ2n) is 5.56. The van der Waals surface area contributed by atoms with Crippen molar-refractivity contribution in [3.05, 3.63) is 53.7 Å². The molecular weight excluding hydrogens is 304 g/mol. The molecule has 1 aromatic carbocycles. The molecule has 1 heterocycles. The summed E-state index contributed by atoms with van der Waals surface area (Å²) in [5.41, 5.74) is 1.60. The first-order chi connectivity index (χ1) is 11.6. The summed E-state index contributed by atoms with van der Waals surface area (Å²) in [5, 5.41) is 2.70. The molecule has 1 N–H and O–H groups in total. The van der Waals surface area contributed by atoms with Crippen LogP contribution in [0.15, 0.2) is 42.6 Å². The number of carbonyl (C=O) groups excluding carboxylic acids is 2. The fourth-order valence-electron chi connectivity index (χ4n) is 2.14. The molecule has 0 aliphatic carbocycles. The monoisotopic (exact) mass is 326 g/mol. The predicted octanol–water partition coefficient (Wildman–Crippen LogP) is 3.78. The number of hydrogen-bond donors (Lipinski definition) is 1. The topological polar surface area (TPSA) is 68.3 Å². The Morgan fingerprint density at radius 2 is 1.88 bits per heavy atom. The largest absolute Gasteiger partial charge is 0.494 e. The summed E-state index contributed by atoms with van der Waals surface area (Å²) in [5.74, 6) is 0.968. The van der Waals surface area contributed by atoms with Gasteiger partial charge in [-0.2, -0.15) is 0 Å². The molecule has 0 unspecified atom stereocenters. The third kappa shape index (κ3) is 5.50. The van der Waals surface area contributed by atoms with Gasteiger partial charge in [-0.25, -0.2) is 4.98 Å². The summed E-state index contributed by atoms with van der Waals surface area (Å²) in [6.45, 7) is 4.62. The Balaban J connectivity index is 1.82. The van der Waals surface area contributed by atoms with Gasteiger partial charge in [0.15, 0.2) is 5.78 Å². The van der Waals surface area contributed by atoms with Crippen molar-refractivity contribution in [3.8, 4) is 5.75 Å². The molecule has 0 spiro atoms. The first-order valence-corrected chi connectivity index (χ1v) is 8.07. The molecule has 2 aromatic rings. The van der Waals surface area contributed by atoms with Gasteiger partial charge in [-0.1, -0.05) is 6.92 Å². The van der Waals surface area contributed by atoms with E-state index in [0.717, 1.165) is 17.7 Å². The van der Waals surface area contributed by atoms with Crippen LogP contribution in [-0.2, 0) is 4.79 Å². The van der Waals surface area contributed by atoms with E-state index in [1.807, 2.05) is 19.9 Å².